The number of halogens is 1. The van der Waals surface area contributed by atoms with Crippen molar-refractivity contribution in [1.82, 2.24) is 0 Å². The molecule has 112 valence electrons. The Balaban J connectivity index is 0.000000217. The number of methoxy groups -OCH3 is 1. The predicted molar refractivity (Wildman–Crippen MR) is 73.2 cm³/mol. The Morgan fingerprint density at radius 1 is 1.35 bits per heavy atom. The smallest absolute Gasteiger partial charge is 0.133 e. The molecule has 0 heterocycles. The molecule has 0 unspecified atom stereocenters. The molecule has 2 N–H and O–H groups in total. The number of carbonyl (C=O) groups is 1. The van der Waals surface area contributed by atoms with Gasteiger partial charge >= 0.3 is 0 Å². The summed E-state index contributed by atoms with van der Waals surface area (Å²) in [6.45, 7) is -0.000185. The summed E-state index contributed by atoms with van der Waals surface area (Å²) in [5.74, 6) is 0.611. The van der Waals surface area contributed by atoms with Crippen LogP contribution < -0.4 is 4.74 Å². The number of ether oxygens (including phenoxy) is 1. The van der Waals surface area contributed by atoms with E-state index in [-0.39, 0.29) is 18.5 Å². The standard InChI is InChI=1S/C9H11FO2.C6H10O2/c1-12-9-3-2-8(10)6-7(9)4-5-11;7-5-1-2-6(8)4-3-5/h2-3,6,11H,4-5H2,1H3;5,7H,1-4H2. The summed E-state index contributed by atoms with van der Waals surface area (Å²) in [5, 5.41) is 17.5. The minimum Gasteiger partial charge on any atom is -0.496 e. The lowest BCUT2D eigenvalue weighted by atomic mass is 9.97. The van der Waals surface area contributed by atoms with Crippen molar-refractivity contribution in [2.45, 2.75) is 38.2 Å². The summed E-state index contributed by atoms with van der Waals surface area (Å²) in [6, 6.07) is 4.26. The highest BCUT2D eigenvalue weighted by atomic mass is 19.1. The summed E-state index contributed by atoms with van der Waals surface area (Å²) in [6.07, 6.45) is 2.74. The molecular formula is C15H21FO4. The Morgan fingerprint density at radius 2 is 2.00 bits per heavy atom. The van der Waals surface area contributed by atoms with Crippen molar-refractivity contribution >= 4 is 5.78 Å². The number of benzene rings is 1. The van der Waals surface area contributed by atoms with E-state index in [9.17, 15) is 9.18 Å². The molecule has 1 fully saturated rings. The van der Waals surface area contributed by atoms with E-state index in [2.05, 4.69) is 0 Å². The molecular weight excluding hydrogens is 263 g/mol. The lowest BCUT2D eigenvalue weighted by Crippen LogP contribution is -2.17. The molecule has 1 saturated carbocycles. The lowest BCUT2D eigenvalue weighted by molar-refractivity contribution is -0.122. The maximum absolute atomic E-state index is 12.7. The summed E-state index contributed by atoms with van der Waals surface area (Å²) >= 11 is 0. The highest BCUT2D eigenvalue weighted by Crippen LogP contribution is 2.19. The van der Waals surface area contributed by atoms with Crippen LogP contribution in [-0.2, 0) is 11.2 Å². The van der Waals surface area contributed by atoms with Gasteiger partial charge in [-0.3, -0.25) is 4.79 Å². The Labute approximate surface area is 118 Å². The van der Waals surface area contributed by atoms with Gasteiger partial charge in [0.1, 0.15) is 17.3 Å². The van der Waals surface area contributed by atoms with E-state index in [1.54, 1.807) is 6.07 Å². The topological polar surface area (TPSA) is 66.8 Å². The van der Waals surface area contributed by atoms with Gasteiger partial charge in [-0.25, -0.2) is 4.39 Å². The van der Waals surface area contributed by atoms with Crippen LogP contribution >= 0.6 is 0 Å². The van der Waals surface area contributed by atoms with E-state index < -0.39 is 0 Å². The van der Waals surface area contributed by atoms with Gasteiger partial charge in [-0.15, -0.1) is 0 Å². The van der Waals surface area contributed by atoms with Crippen LogP contribution in [-0.4, -0.2) is 35.8 Å². The number of Topliss-reactive ketones (excluding diaryl/α,β-unsaturated/α-hetero) is 1. The number of hydrogen-bond donors (Lipinski definition) is 2. The summed E-state index contributed by atoms with van der Waals surface area (Å²) in [4.78, 5) is 10.5. The molecule has 0 bridgehead atoms. The van der Waals surface area contributed by atoms with Crippen molar-refractivity contribution in [2.75, 3.05) is 13.7 Å². The Morgan fingerprint density at radius 3 is 2.50 bits per heavy atom. The fourth-order valence-electron chi connectivity index (χ4n) is 1.99. The van der Waals surface area contributed by atoms with E-state index in [4.69, 9.17) is 14.9 Å². The second kappa shape index (κ2) is 8.66. The molecule has 0 saturated heterocycles. The van der Waals surface area contributed by atoms with Crippen LogP contribution in [0.2, 0.25) is 0 Å². The molecule has 5 heteroatoms. The van der Waals surface area contributed by atoms with Gasteiger partial charge in [0, 0.05) is 19.4 Å². The van der Waals surface area contributed by atoms with Crippen LogP contribution in [0.5, 0.6) is 5.75 Å². The molecule has 0 atom stereocenters. The van der Waals surface area contributed by atoms with Gasteiger partial charge in [-0.2, -0.15) is 0 Å². The number of aliphatic hydroxyl groups excluding tert-OH is 2. The molecule has 1 aliphatic carbocycles. The number of rotatable bonds is 3. The molecule has 0 amide bonds. The molecule has 20 heavy (non-hydrogen) atoms. The van der Waals surface area contributed by atoms with Crippen molar-refractivity contribution in [3.8, 4) is 5.75 Å². The molecule has 2 rings (SSSR count). The van der Waals surface area contributed by atoms with E-state index in [1.165, 1.54) is 19.2 Å². The summed E-state index contributed by atoms with van der Waals surface area (Å²) in [7, 11) is 1.52. The summed E-state index contributed by atoms with van der Waals surface area (Å²) < 4.78 is 17.6. The molecule has 0 aromatic heterocycles. The van der Waals surface area contributed by atoms with Crippen LogP contribution in [0.4, 0.5) is 4.39 Å². The first-order chi connectivity index (χ1) is 9.56. The minimum absolute atomic E-state index is 0.000185. The van der Waals surface area contributed by atoms with Crippen LogP contribution in [0.15, 0.2) is 18.2 Å². The third-order valence-electron chi connectivity index (χ3n) is 3.14. The maximum Gasteiger partial charge on any atom is 0.133 e. The Kier molecular flexibility index (Phi) is 7.18. The number of hydrogen-bond acceptors (Lipinski definition) is 4. The van der Waals surface area contributed by atoms with Crippen molar-refractivity contribution in [3.63, 3.8) is 0 Å². The first kappa shape index (κ1) is 16.6. The zero-order valence-corrected chi connectivity index (χ0v) is 11.6. The molecule has 1 aromatic rings. The molecule has 1 aromatic carbocycles. The highest BCUT2D eigenvalue weighted by molar-refractivity contribution is 5.79. The first-order valence-electron chi connectivity index (χ1n) is 6.70. The largest absolute Gasteiger partial charge is 0.496 e. The average Bonchev–Trinajstić information content (AvgIpc) is 2.44. The first-order valence-corrected chi connectivity index (χ1v) is 6.70. The SMILES string of the molecule is COc1ccc(F)cc1CCO.O=C1CCC(O)CC1. The van der Waals surface area contributed by atoms with Crippen molar-refractivity contribution in [3.05, 3.63) is 29.6 Å². The molecule has 0 aliphatic heterocycles. The second-order valence-electron chi connectivity index (χ2n) is 4.70. The Hall–Kier alpha value is -1.46. The fourth-order valence-corrected chi connectivity index (χ4v) is 1.99. The lowest BCUT2D eigenvalue weighted by Gasteiger charge is -2.13. The van der Waals surface area contributed by atoms with Crippen molar-refractivity contribution in [1.29, 1.82) is 0 Å². The van der Waals surface area contributed by atoms with E-state index in [1.807, 2.05) is 0 Å². The number of carbonyl (C=O) groups excluding carboxylic acids is 1. The Bertz CT molecular complexity index is 424. The van der Waals surface area contributed by atoms with Gasteiger partial charge in [0.25, 0.3) is 0 Å². The highest BCUT2D eigenvalue weighted by Gasteiger charge is 2.15. The second-order valence-corrected chi connectivity index (χ2v) is 4.70. The van der Waals surface area contributed by atoms with Crippen molar-refractivity contribution < 1.29 is 24.1 Å². The van der Waals surface area contributed by atoms with Gasteiger partial charge in [0.05, 0.1) is 13.2 Å². The van der Waals surface area contributed by atoms with E-state index >= 15 is 0 Å². The zero-order chi connectivity index (χ0) is 15.0. The van der Waals surface area contributed by atoms with E-state index in [0.717, 1.165) is 0 Å². The minimum atomic E-state index is -0.306. The van der Waals surface area contributed by atoms with Gasteiger partial charge in [0.15, 0.2) is 0 Å². The molecule has 1 aliphatic rings. The maximum atomic E-state index is 12.7. The van der Waals surface area contributed by atoms with E-state index in [0.29, 0.717) is 49.2 Å². The third kappa shape index (κ3) is 5.67. The van der Waals surface area contributed by atoms with Crippen LogP contribution in [0.1, 0.15) is 31.2 Å². The summed E-state index contributed by atoms with van der Waals surface area (Å²) in [5.41, 5.74) is 0.694. The van der Waals surface area contributed by atoms with Gasteiger partial charge in [-0.1, -0.05) is 0 Å². The van der Waals surface area contributed by atoms with Crippen molar-refractivity contribution in [2.24, 2.45) is 0 Å². The average molecular weight is 284 g/mol. The molecule has 0 radical (unpaired) electrons. The van der Waals surface area contributed by atoms with Gasteiger partial charge in [-0.05, 0) is 43.0 Å². The zero-order valence-electron chi connectivity index (χ0n) is 11.6. The third-order valence-corrected chi connectivity index (χ3v) is 3.14. The number of aliphatic hydroxyl groups is 2. The monoisotopic (exact) mass is 284 g/mol. The molecule has 0 spiro atoms. The van der Waals surface area contributed by atoms with Gasteiger partial charge in [0.2, 0.25) is 0 Å². The van der Waals surface area contributed by atoms with Gasteiger partial charge < -0.3 is 14.9 Å². The molecule has 4 nitrogen and oxygen atoms in total. The van der Waals surface area contributed by atoms with Crippen LogP contribution in [0.25, 0.3) is 0 Å². The quantitative estimate of drug-likeness (QED) is 0.889. The number of ketones is 1. The fraction of sp³-hybridized carbons (Fsp3) is 0.533. The van der Waals surface area contributed by atoms with Crippen LogP contribution in [0.3, 0.4) is 0 Å². The van der Waals surface area contributed by atoms with Crippen LogP contribution in [0, 0.1) is 5.82 Å². The normalized spacial score (nSPS) is 15.5. The predicted octanol–water partition coefficient (Wildman–Crippen LogP) is 1.86.